The van der Waals surface area contributed by atoms with Crippen LogP contribution >= 0.6 is 23.2 Å². The van der Waals surface area contributed by atoms with E-state index in [4.69, 9.17) is 28.6 Å². The average Bonchev–Trinajstić information content (AvgIpc) is 2.23. The zero-order valence-electron chi connectivity index (χ0n) is 9.22. The summed E-state index contributed by atoms with van der Waals surface area (Å²) in [5.41, 5.74) is 0.943. The van der Waals surface area contributed by atoms with Crippen molar-refractivity contribution >= 4 is 35.1 Å². The molecule has 0 saturated carbocycles. The van der Waals surface area contributed by atoms with Gasteiger partial charge >= 0.3 is 0 Å². The summed E-state index contributed by atoms with van der Waals surface area (Å²) in [4.78, 5) is 0. The molecule has 1 rings (SSSR count). The average molecular weight is 257 g/mol. The fourth-order valence-electron chi connectivity index (χ4n) is 1.01. The molecule has 0 saturated heterocycles. The number of benzene rings is 1. The third-order valence-corrected chi connectivity index (χ3v) is 2.77. The standard InChI is InChI=1S/C12H14Cl2N2/c1-8(2)12(15)16-6-5-9-3-4-10(13)11(14)7-9/h3-8H,1-2H3,(H2,15,16). The molecule has 0 heterocycles. The minimum atomic E-state index is 0.193. The highest BCUT2D eigenvalue weighted by atomic mass is 35.5. The number of rotatable bonds is 3. The van der Waals surface area contributed by atoms with Crippen molar-refractivity contribution in [1.82, 2.24) is 5.32 Å². The first-order chi connectivity index (χ1) is 7.50. The van der Waals surface area contributed by atoms with Gasteiger partial charge in [-0.05, 0) is 23.8 Å². The number of amidine groups is 1. The van der Waals surface area contributed by atoms with Gasteiger partial charge in [-0.3, -0.25) is 5.41 Å². The Bertz CT molecular complexity index is 411. The highest BCUT2D eigenvalue weighted by molar-refractivity contribution is 6.42. The van der Waals surface area contributed by atoms with Gasteiger partial charge in [-0.2, -0.15) is 0 Å². The lowest BCUT2D eigenvalue weighted by atomic mass is 10.2. The van der Waals surface area contributed by atoms with E-state index < -0.39 is 0 Å². The van der Waals surface area contributed by atoms with Gasteiger partial charge in [0.1, 0.15) is 0 Å². The largest absolute Gasteiger partial charge is 0.350 e. The van der Waals surface area contributed by atoms with Crippen LogP contribution in [0.4, 0.5) is 0 Å². The molecule has 0 atom stereocenters. The summed E-state index contributed by atoms with van der Waals surface area (Å²) in [6.07, 6.45) is 3.57. The smallest absolute Gasteiger partial charge is 0.0997 e. The van der Waals surface area contributed by atoms with Gasteiger partial charge in [0.05, 0.1) is 15.9 Å². The van der Waals surface area contributed by atoms with E-state index in [0.29, 0.717) is 15.9 Å². The quantitative estimate of drug-likeness (QED) is 0.618. The van der Waals surface area contributed by atoms with Gasteiger partial charge in [-0.1, -0.05) is 43.1 Å². The molecule has 0 aliphatic rings. The van der Waals surface area contributed by atoms with Gasteiger partial charge in [-0.15, -0.1) is 0 Å². The van der Waals surface area contributed by atoms with E-state index in [0.717, 1.165) is 5.56 Å². The van der Waals surface area contributed by atoms with E-state index in [9.17, 15) is 0 Å². The fourth-order valence-corrected chi connectivity index (χ4v) is 1.32. The van der Waals surface area contributed by atoms with E-state index in [1.807, 2.05) is 26.0 Å². The summed E-state index contributed by atoms with van der Waals surface area (Å²) in [6, 6.07) is 5.39. The van der Waals surface area contributed by atoms with Crippen LogP contribution in [0.1, 0.15) is 19.4 Å². The van der Waals surface area contributed by atoms with Crippen LogP contribution < -0.4 is 5.32 Å². The predicted molar refractivity (Wildman–Crippen MR) is 71.2 cm³/mol. The summed E-state index contributed by atoms with van der Waals surface area (Å²) in [7, 11) is 0. The van der Waals surface area contributed by atoms with Crippen LogP contribution in [0.15, 0.2) is 24.4 Å². The Morgan fingerprint density at radius 3 is 2.56 bits per heavy atom. The number of halogens is 2. The van der Waals surface area contributed by atoms with Crippen LogP contribution in [-0.2, 0) is 0 Å². The van der Waals surface area contributed by atoms with Crippen LogP contribution in [0.25, 0.3) is 6.08 Å². The second-order valence-corrected chi connectivity index (χ2v) is 4.53. The molecule has 4 heteroatoms. The number of hydrogen-bond donors (Lipinski definition) is 2. The molecular formula is C12H14Cl2N2. The zero-order chi connectivity index (χ0) is 12.1. The van der Waals surface area contributed by atoms with Crippen molar-refractivity contribution in [3.05, 3.63) is 40.0 Å². The Morgan fingerprint density at radius 1 is 1.31 bits per heavy atom. The highest BCUT2D eigenvalue weighted by Gasteiger charge is 1.99. The van der Waals surface area contributed by atoms with Crippen molar-refractivity contribution in [2.24, 2.45) is 5.92 Å². The summed E-state index contributed by atoms with van der Waals surface area (Å²) >= 11 is 11.7. The Labute approximate surface area is 106 Å². The SMILES string of the molecule is CC(C)C(=N)NC=Cc1ccc(Cl)c(Cl)c1. The molecule has 0 unspecified atom stereocenters. The maximum atomic E-state index is 7.58. The Balaban J connectivity index is 2.63. The lowest BCUT2D eigenvalue weighted by molar-refractivity contribution is 0.840. The topological polar surface area (TPSA) is 35.9 Å². The maximum Gasteiger partial charge on any atom is 0.0997 e. The summed E-state index contributed by atoms with van der Waals surface area (Å²) in [5.74, 6) is 0.676. The second kappa shape index (κ2) is 5.92. The van der Waals surface area contributed by atoms with Crippen LogP contribution in [0.3, 0.4) is 0 Å². The normalized spacial score (nSPS) is 11.1. The molecule has 2 N–H and O–H groups in total. The van der Waals surface area contributed by atoms with Crippen molar-refractivity contribution in [3.8, 4) is 0 Å². The Morgan fingerprint density at radius 2 is 2.00 bits per heavy atom. The Hall–Kier alpha value is -0.990. The fraction of sp³-hybridized carbons (Fsp3) is 0.250. The van der Waals surface area contributed by atoms with Crippen LogP contribution in [0.5, 0.6) is 0 Å². The van der Waals surface area contributed by atoms with E-state index in [1.54, 1.807) is 18.3 Å². The first kappa shape index (κ1) is 13.1. The molecule has 16 heavy (non-hydrogen) atoms. The minimum Gasteiger partial charge on any atom is -0.350 e. The summed E-state index contributed by atoms with van der Waals surface area (Å²) < 4.78 is 0. The molecule has 0 aliphatic heterocycles. The van der Waals surface area contributed by atoms with Crippen molar-refractivity contribution in [3.63, 3.8) is 0 Å². The lowest BCUT2D eigenvalue weighted by Gasteiger charge is -2.05. The first-order valence-corrected chi connectivity index (χ1v) is 5.73. The summed E-state index contributed by atoms with van der Waals surface area (Å²) in [5, 5.41) is 11.5. The van der Waals surface area contributed by atoms with Crippen LogP contribution in [0, 0.1) is 11.3 Å². The van der Waals surface area contributed by atoms with E-state index >= 15 is 0 Å². The van der Waals surface area contributed by atoms with Crippen LogP contribution in [-0.4, -0.2) is 5.84 Å². The molecule has 0 radical (unpaired) electrons. The zero-order valence-corrected chi connectivity index (χ0v) is 10.7. The molecule has 0 bridgehead atoms. The third kappa shape index (κ3) is 3.87. The van der Waals surface area contributed by atoms with Gasteiger partial charge in [0.25, 0.3) is 0 Å². The van der Waals surface area contributed by atoms with Crippen molar-refractivity contribution < 1.29 is 0 Å². The molecule has 1 aromatic carbocycles. The number of hydrogen-bond acceptors (Lipinski definition) is 1. The first-order valence-electron chi connectivity index (χ1n) is 4.97. The van der Waals surface area contributed by atoms with Gasteiger partial charge in [0, 0.05) is 12.1 Å². The van der Waals surface area contributed by atoms with Gasteiger partial charge in [0.2, 0.25) is 0 Å². The van der Waals surface area contributed by atoms with Crippen molar-refractivity contribution in [2.75, 3.05) is 0 Å². The molecular weight excluding hydrogens is 243 g/mol. The number of nitrogens with one attached hydrogen (secondary N) is 2. The second-order valence-electron chi connectivity index (χ2n) is 3.72. The van der Waals surface area contributed by atoms with Crippen molar-refractivity contribution in [2.45, 2.75) is 13.8 Å². The molecule has 2 nitrogen and oxygen atoms in total. The maximum absolute atomic E-state index is 7.58. The molecule has 86 valence electrons. The lowest BCUT2D eigenvalue weighted by Crippen LogP contribution is -2.21. The molecule has 0 spiro atoms. The molecule has 0 aliphatic carbocycles. The monoisotopic (exact) mass is 256 g/mol. The van der Waals surface area contributed by atoms with Gasteiger partial charge < -0.3 is 5.32 Å². The van der Waals surface area contributed by atoms with E-state index in [2.05, 4.69) is 5.32 Å². The summed E-state index contributed by atoms with van der Waals surface area (Å²) in [6.45, 7) is 3.92. The minimum absolute atomic E-state index is 0.193. The van der Waals surface area contributed by atoms with E-state index in [-0.39, 0.29) is 5.92 Å². The predicted octanol–water partition coefficient (Wildman–Crippen LogP) is 4.19. The van der Waals surface area contributed by atoms with E-state index in [1.165, 1.54) is 0 Å². The molecule has 1 aromatic rings. The highest BCUT2D eigenvalue weighted by Crippen LogP contribution is 2.22. The van der Waals surface area contributed by atoms with Crippen molar-refractivity contribution in [1.29, 1.82) is 5.41 Å². The Kier molecular flexibility index (Phi) is 4.84. The van der Waals surface area contributed by atoms with Gasteiger partial charge in [-0.25, -0.2) is 0 Å². The molecule has 0 amide bonds. The van der Waals surface area contributed by atoms with Gasteiger partial charge in [0.15, 0.2) is 0 Å². The van der Waals surface area contributed by atoms with Crippen LogP contribution in [0.2, 0.25) is 10.0 Å². The molecule has 0 fully saturated rings. The molecule has 0 aromatic heterocycles. The third-order valence-electron chi connectivity index (χ3n) is 2.04.